The van der Waals surface area contributed by atoms with Crippen LogP contribution in [0.5, 0.6) is 11.5 Å². The first-order valence-corrected chi connectivity index (χ1v) is 11.7. The number of methoxy groups -OCH3 is 1. The lowest BCUT2D eigenvalue weighted by Gasteiger charge is -2.31. The van der Waals surface area contributed by atoms with E-state index in [1.807, 2.05) is 11.4 Å². The number of nitriles is 1. The molecule has 3 rings (SSSR count). The van der Waals surface area contributed by atoms with Gasteiger partial charge in [0.25, 0.3) is 11.8 Å². The van der Waals surface area contributed by atoms with Crippen molar-refractivity contribution in [3.05, 3.63) is 81.9 Å². The molecule has 0 aliphatic carbocycles. The normalized spacial score (nSPS) is 12.0. The number of hydrogen-bond acceptors (Lipinski definition) is 5. The highest BCUT2D eigenvalue weighted by atomic mass is 35.5. The van der Waals surface area contributed by atoms with E-state index in [0.717, 1.165) is 13.2 Å². The second-order valence-electron chi connectivity index (χ2n) is 8.35. The maximum atomic E-state index is 14.6. The Labute approximate surface area is 240 Å². The zero-order valence-corrected chi connectivity index (χ0v) is 21.9. The minimum absolute atomic E-state index is 0.0956. The first-order valence-electron chi connectivity index (χ1n) is 11.4. The fourth-order valence-electron chi connectivity index (χ4n) is 3.68. The number of nitrogens with zero attached hydrogens (tertiary/aromatic N) is 1. The van der Waals surface area contributed by atoms with Crippen LogP contribution in [0.1, 0.15) is 31.8 Å². The van der Waals surface area contributed by atoms with Gasteiger partial charge in [0.1, 0.15) is 5.69 Å². The summed E-state index contributed by atoms with van der Waals surface area (Å²) in [6, 6.07) is 10.4. The highest BCUT2D eigenvalue weighted by molar-refractivity contribution is 6.34. The Morgan fingerprint density at radius 1 is 0.907 bits per heavy atom. The van der Waals surface area contributed by atoms with E-state index in [2.05, 4.69) is 10.1 Å². The number of amides is 2. The Bertz CT molecular complexity index is 1560. The molecule has 0 unspecified atom stereocenters. The lowest BCUT2D eigenvalue weighted by molar-refractivity contribution is -0.348. The fourth-order valence-corrected chi connectivity index (χ4v) is 3.94. The van der Waals surface area contributed by atoms with Crippen molar-refractivity contribution in [3.63, 3.8) is 0 Å². The summed E-state index contributed by atoms with van der Waals surface area (Å²) in [5, 5.41) is 12.0. The summed E-state index contributed by atoms with van der Waals surface area (Å²) < 4.78 is 129. The number of carbonyl (C=O) groups excluding carboxylic acids is 2. The predicted octanol–water partition coefficient (Wildman–Crippen LogP) is 7.62. The lowest BCUT2D eigenvalue weighted by atomic mass is 9.93. The quantitative estimate of drug-likeness (QED) is 0.247. The van der Waals surface area contributed by atoms with Crippen LogP contribution in [0.15, 0.2) is 54.6 Å². The molecule has 7 nitrogen and oxygen atoms in total. The molecule has 0 spiro atoms. The minimum Gasteiger partial charge on any atom is -0.494 e. The molecule has 0 aromatic heterocycles. The molecule has 0 fully saturated rings. The van der Waals surface area contributed by atoms with Crippen LogP contribution >= 0.6 is 11.6 Å². The summed E-state index contributed by atoms with van der Waals surface area (Å²) in [6.07, 6.45) is -13.2. The van der Waals surface area contributed by atoms with Gasteiger partial charge in [-0.15, -0.1) is 0 Å². The van der Waals surface area contributed by atoms with Crippen molar-refractivity contribution in [2.45, 2.75) is 24.6 Å². The number of alkyl halides is 9. The van der Waals surface area contributed by atoms with Gasteiger partial charge in [0.05, 0.1) is 35.0 Å². The van der Waals surface area contributed by atoms with E-state index in [9.17, 15) is 49.1 Å². The standard InChI is InChI=1S/C26H15ClF9N3O4/c1-42-20-15(3-2-4-17(20)38-21(40)13-7-5-12(11-37)6-8-13)22(41)39-19-16(27)9-14(10-18(19)43-23(28)29)24(30,25(31,32)33)26(34,35)36/h2-10,23H,1H3,(H,38,40)(H,39,41). The zero-order chi connectivity index (χ0) is 32.3. The number of carbonyl (C=O) groups is 2. The molecule has 2 N–H and O–H groups in total. The van der Waals surface area contributed by atoms with Crippen LogP contribution in [-0.4, -0.2) is 37.9 Å². The molecule has 3 aromatic rings. The van der Waals surface area contributed by atoms with Gasteiger partial charge >= 0.3 is 24.6 Å². The van der Waals surface area contributed by atoms with Crippen molar-refractivity contribution >= 4 is 34.8 Å². The molecule has 0 atom stereocenters. The summed E-state index contributed by atoms with van der Waals surface area (Å²) in [7, 11) is 1.08. The van der Waals surface area contributed by atoms with Crippen LogP contribution in [0.3, 0.4) is 0 Å². The number of nitrogens with one attached hydrogen (secondary N) is 2. The van der Waals surface area contributed by atoms with Gasteiger partial charge < -0.3 is 20.1 Å². The van der Waals surface area contributed by atoms with Crippen molar-refractivity contribution in [1.82, 2.24) is 0 Å². The van der Waals surface area contributed by atoms with Crippen molar-refractivity contribution in [1.29, 1.82) is 5.26 Å². The van der Waals surface area contributed by atoms with E-state index < -0.39 is 64.0 Å². The highest BCUT2D eigenvalue weighted by Gasteiger charge is 2.73. The summed E-state index contributed by atoms with van der Waals surface area (Å²) in [6.45, 7) is -3.86. The number of para-hydroxylation sites is 1. The molecular formula is C26H15ClF9N3O4. The fraction of sp³-hybridized carbons (Fsp3) is 0.192. The Morgan fingerprint density at radius 2 is 1.51 bits per heavy atom. The van der Waals surface area contributed by atoms with Crippen molar-refractivity contribution < 1.29 is 58.6 Å². The van der Waals surface area contributed by atoms with Crippen LogP contribution < -0.4 is 20.1 Å². The third-order valence-corrected chi connectivity index (χ3v) is 5.97. The number of anilines is 2. The lowest BCUT2D eigenvalue weighted by Crippen LogP contribution is -2.50. The van der Waals surface area contributed by atoms with Gasteiger partial charge in [-0.05, 0) is 48.5 Å². The monoisotopic (exact) mass is 639 g/mol. The summed E-state index contributed by atoms with van der Waals surface area (Å²) in [5.41, 5.74) is -9.48. The SMILES string of the molecule is COc1c(NC(=O)c2ccc(C#N)cc2)cccc1C(=O)Nc1c(Cl)cc(C(F)(C(F)(F)F)C(F)(F)F)cc1OC(F)F. The van der Waals surface area contributed by atoms with Gasteiger partial charge in [0, 0.05) is 11.1 Å². The molecule has 17 heteroatoms. The van der Waals surface area contributed by atoms with E-state index in [1.54, 1.807) is 0 Å². The second-order valence-corrected chi connectivity index (χ2v) is 8.75. The molecule has 0 aliphatic heterocycles. The van der Waals surface area contributed by atoms with Crippen LogP contribution in [0.2, 0.25) is 5.02 Å². The Morgan fingerprint density at radius 3 is 2.02 bits per heavy atom. The third-order valence-electron chi connectivity index (χ3n) is 5.68. The molecule has 0 bridgehead atoms. The summed E-state index contributed by atoms with van der Waals surface area (Å²) in [5.74, 6) is -3.82. The maximum absolute atomic E-state index is 14.6. The molecule has 43 heavy (non-hydrogen) atoms. The Balaban J connectivity index is 2.03. The highest BCUT2D eigenvalue weighted by Crippen LogP contribution is 2.55. The average Bonchev–Trinajstić information content (AvgIpc) is 2.92. The van der Waals surface area contributed by atoms with Crippen LogP contribution in [0.4, 0.5) is 50.9 Å². The number of ether oxygens (including phenoxy) is 2. The smallest absolute Gasteiger partial charge is 0.435 e. The van der Waals surface area contributed by atoms with Crippen molar-refractivity contribution in [2.75, 3.05) is 17.7 Å². The van der Waals surface area contributed by atoms with E-state index >= 15 is 0 Å². The number of benzene rings is 3. The second kappa shape index (κ2) is 12.3. The van der Waals surface area contributed by atoms with Gasteiger partial charge in [0.15, 0.2) is 11.5 Å². The molecule has 0 saturated heterocycles. The third kappa shape index (κ3) is 6.72. The van der Waals surface area contributed by atoms with Gasteiger partial charge in [-0.25, -0.2) is 4.39 Å². The predicted molar refractivity (Wildman–Crippen MR) is 133 cm³/mol. The van der Waals surface area contributed by atoms with Crippen LogP contribution in [0.25, 0.3) is 0 Å². The Hall–Kier alpha value is -4.65. The number of halogens is 10. The number of rotatable bonds is 8. The molecular weight excluding hydrogens is 625 g/mol. The largest absolute Gasteiger partial charge is 0.494 e. The molecule has 0 radical (unpaired) electrons. The van der Waals surface area contributed by atoms with Gasteiger partial charge in [-0.3, -0.25) is 9.59 Å². The maximum Gasteiger partial charge on any atom is 0.435 e. The summed E-state index contributed by atoms with van der Waals surface area (Å²) >= 11 is 5.77. The summed E-state index contributed by atoms with van der Waals surface area (Å²) in [4.78, 5) is 25.7. The van der Waals surface area contributed by atoms with Crippen molar-refractivity contribution in [3.8, 4) is 17.6 Å². The topological polar surface area (TPSA) is 100 Å². The molecule has 0 aliphatic rings. The van der Waals surface area contributed by atoms with Crippen LogP contribution in [0, 0.1) is 11.3 Å². The van der Waals surface area contributed by atoms with Gasteiger partial charge in [-0.2, -0.15) is 40.4 Å². The first-order chi connectivity index (χ1) is 19.9. The first kappa shape index (κ1) is 32.9. The molecule has 3 aromatic carbocycles. The molecule has 0 saturated carbocycles. The van der Waals surface area contributed by atoms with Crippen LogP contribution in [-0.2, 0) is 5.67 Å². The Kier molecular flexibility index (Phi) is 9.40. The van der Waals surface area contributed by atoms with E-state index in [4.69, 9.17) is 21.6 Å². The van der Waals surface area contributed by atoms with E-state index in [-0.39, 0.29) is 34.7 Å². The van der Waals surface area contributed by atoms with E-state index in [0.29, 0.717) is 0 Å². The molecule has 2 amide bonds. The van der Waals surface area contributed by atoms with Gasteiger partial charge in [0.2, 0.25) is 0 Å². The zero-order valence-electron chi connectivity index (χ0n) is 21.1. The van der Waals surface area contributed by atoms with Gasteiger partial charge in [-0.1, -0.05) is 17.7 Å². The minimum atomic E-state index is -6.60. The number of hydrogen-bond donors (Lipinski definition) is 2. The molecule has 228 valence electrons. The van der Waals surface area contributed by atoms with Crippen molar-refractivity contribution in [2.24, 2.45) is 0 Å². The molecule has 0 heterocycles. The van der Waals surface area contributed by atoms with E-state index in [1.165, 1.54) is 36.4 Å². The average molecular weight is 640 g/mol.